The van der Waals surface area contributed by atoms with Crippen molar-refractivity contribution in [2.45, 2.75) is 11.8 Å². The van der Waals surface area contributed by atoms with Crippen LogP contribution in [-0.2, 0) is 9.59 Å². The lowest BCUT2D eigenvalue weighted by atomic mass is 9.81. The highest BCUT2D eigenvalue weighted by Gasteiger charge is 2.37. The van der Waals surface area contributed by atoms with Gasteiger partial charge in [-0.1, -0.05) is 12.1 Å². The highest BCUT2D eigenvalue weighted by Crippen LogP contribution is 2.35. The number of rotatable bonds is 5. The van der Waals surface area contributed by atoms with Crippen LogP contribution in [0.5, 0.6) is 0 Å². The van der Waals surface area contributed by atoms with Gasteiger partial charge in [-0.3, -0.25) is 9.59 Å². The summed E-state index contributed by atoms with van der Waals surface area (Å²) in [6.07, 6.45) is 0. The molecule has 2 unspecified atom stereocenters. The molecule has 2 heterocycles. The van der Waals surface area contributed by atoms with Crippen LogP contribution >= 0.6 is 11.7 Å². The van der Waals surface area contributed by atoms with Crippen LogP contribution in [-0.4, -0.2) is 41.2 Å². The summed E-state index contributed by atoms with van der Waals surface area (Å²) >= 11 is 1.01. The molecule has 2 N–H and O–H groups in total. The number of benzene rings is 2. The molecule has 0 aliphatic carbocycles. The van der Waals surface area contributed by atoms with Crippen LogP contribution in [0.2, 0.25) is 0 Å². The Morgan fingerprint density at radius 3 is 2.00 bits per heavy atom. The first-order valence-corrected chi connectivity index (χ1v) is 8.17. The summed E-state index contributed by atoms with van der Waals surface area (Å²) in [4.78, 5) is 23.9. The standard InChI is InChI=1S/C16H10N4O5S/c21-15(22)13(7-1-3-9-11(5-7)18-25-17-9)14(16(23)24)8-2-4-10-12(6-8)20-26-19-10/h1-6,13-14H,(H,21,22)(H,23,24). The molecule has 0 saturated heterocycles. The van der Waals surface area contributed by atoms with Crippen LogP contribution in [0.15, 0.2) is 41.0 Å². The topological polar surface area (TPSA) is 139 Å². The van der Waals surface area contributed by atoms with Crippen LogP contribution < -0.4 is 0 Å². The molecule has 0 radical (unpaired) electrons. The molecule has 0 saturated carbocycles. The molecule has 26 heavy (non-hydrogen) atoms. The monoisotopic (exact) mass is 370 g/mol. The number of carboxylic acid groups (broad SMARTS) is 2. The summed E-state index contributed by atoms with van der Waals surface area (Å²) in [5.74, 6) is -5.14. The minimum absolute atomic E-state index is 0.296. The number of hydrogen-bond acceptors (Lipinski definition) is 8. The van der Waals surface area contributed by atoms with Crippen LogP contribution in [0, 0.1) is 0 Å². The molecule has 2 atom stereocenters. The molecule has 0 amide bonds. The molecule has 4 aromatic rings. The molecule has 4 rings (SSSR count). The number of carboxylic acids is 2. The maximum absolute atomic E-state index is 12.0. The Morgan fingerprint density at radius 1 is 0.808 bits per heavy atom. The van der Waals surface area contributed by atoms with Crippen molar-refractivity contribution in [2.75, 3.05) is 0 Å². The Kier molecular flexibility index (Phi) is 3.81. The molecule has 130 valence electrons. The van der Waals surface area contributed by atoms with Gasteiger partial charge in [-0.15, -0.1) is 0 Å². The SMILES string of the molecule is O=C(O)C(c1ccc2nonc2c1)C(C(=O)O)c1ccc2nsnc2c1. The molecular formula is C16H10N4O5S. The van der Waals surface area contributed by atoms with Gasteiger partial charge in [0.25, 0.3) is 0 Å². The van der Waals surface area contributed by atoms with Gasteiger partial charge in [-0.05, 0) is 45.7 Å². The average molecular weight is 370 g/mol. The zero-order valence-corrected chi connectivity index (χ0v) is 13.8. The van der Waals surface area contributed by atoms with Crippen molar-refractivity contribution in [3.05, 3.63) is 47.5 Å². The van der Waals surface area contributed by atoms with Crippen molar-refractivity contribution in [3.8, 4) is 0 Å². The average Bonchev–Trinajstić information content (AvgIpc) is 3.26. The third kappa shape index (κ3) is 2.65. The predicted octanol–water partition coefficient (Wildman–Crippen LogP) is 2.26. The fourth-order valence-electron chi connectivity index (χ4n) is 2.94. The van der Waals surface area contributed by atoms with Crippen LogP contribution in [0.25, 0.3) is 22.1 Å². The van der Waals surface area contributed by atoms with Crippen LogP contribution in [0.3, 0.4) is 0 Å². The van der Waals surface area contributed by atoms with Crippen molar-refractivity contribution in [1.82, 2.24) is 19.1 Å². The first-order chi connectivity index (χ1) is 12.5. The molecule has 9 nitrogen and oxygen atoms in total. The molecule has 0 fully saturated rings. The second-order valence-electron chi connectivity index (χ2n) is 5.66. The van der Waals surface area contributed by atoms with Gasteiger partial charge in [0, 0.05) is 0 Å². The lowest BCUT2D eigenvalue weighted by molar-refractivity contribution is -0.147. The van der Waals surface area contributed by atoms with E-state index in [1.807, 2.05) is 0 Å². The first kappa shape index (κ1) is 16.1. The van der Waals surface area contributed by atoms with Gasteiger partial charge in [0.05, 0.1) is 23.6 Å². The van der Waals surface area contributed by atoms with Crippen molar-refractivity contribution in [3.63, 3.8) is 0 Å². The predicted molar refractivity (Wildman–Crippen MR) is 90.0 cm³/mol. The molecule has 0 spiro atoms. The van der Waals surface area contributed by atoms with E-state index < -0.39 is 23.8 Å². The summed E-state index contributed by atoms with van der Waals surface area (Å²) in [6.45, 7) is 0. The van der Waals surface area contributed by atoms with E-state index in [9.17, 15) is 19.8 Å². The number of carbonyl (C=O) groups is 2. The zero-order chi connectivity index (χ0) is 18.3. The Morgan fingerprint density at radius 2 is 1.35 bits per heavy atom. The number of aliphatic carboxylic acids is 2. The Hall–Kier alpha value is -3.40. The van der Waals surface area contributed by atoms with E-state index in [4.69, 9.17) is 0 Å². The van der Waals surface area contributed by atoms with Crippen LogP contribution in [0.1, 0.15) is 23.0 Å². The summed E-state index contributed by atoms with van der Waals surface area (Å²) in [6, 6.07) is 9.30. The molecular weight excluding hydrogens is 360 g/mol. The fourth-order valence-corrected chi connectivity index (χ4v) is 3.46. The quantitative estimate of drug-likeness (QED) is 0.541. The van der Waals surface area contributed by atoms with Crippen molar-refractivity contribution >= 4 is 45.7 Å². The molecule has 0 aliphatic rings. The van der Waals surface area contributed by atoms with Crippen LogP contribution in [0.4, 0.5) is 0 Å². The molecule has 2 aromatic carbocycles. The highest BCUT2D eigenvalue weighted by atomic mass is 32.1. The Labute approximate surface area is 149 Å². The van der Waals surface area contributed by atoms with E-state index in [1.54, 1.807) is 24.3 Å². The minimum atomic E-state index is -1.32. The fraction of sp³-hybridized carbons (Fsp3) is 0.125. The van der Waals surface area contributed by atoms with Gasteiger partial charge in [0.2, 0.25) is 0 Å². The summed E-state index contributed by atoms with van der Waals surface area (Å²) in [7, 11) is 0. The second-order valence-corrected chi connectivity index (χ2v) is 6.19. The maximum atomic E-state index is 12.0. The first-order valence-electron chi connectivity index (χ1n) is 7.44. The van der Waals surface area contributed by atoms with E-state index >= 15 is 0 Å². The van der Waals surface area contributed by atoms with Crippen molar-refractivity contribution < 1.29 is 24.4 Å². The van der Waals surface area contributed by atoms with Gasteiger partial charge >= 0.3 is 11.9 Å². The van der Waals surface area contributed by atoms with Gasteiger partial charge in [-0.2, -0.15) is 8.75 Å². The Balaban J connectivity index is 1.85. The van der Waals surface area contributed by atoms with E-state index in [1.165, 1.54) is 12.1 Å². The van der Waals surface area contributed by atoms with Crippen molar-refractivity contribution in [2.24, 2.45) is 0 Å². The summed E-state index contributed by atoms with van der Waals surface area (Å²) < 4.78 is 12.8. The zero-order valence-electron chi connectivity index (χ0n) is 12.9. The molecule has 0 bridgehead atoms. The van der Waals surface area contributed by atoms with E-state index in [0.717, 1.165) is 11.7 Å². The largest absolute Gasteiger partial charge is 0.481 e. The second kappa shape index (κ2) is 6.15. The van der Waals surface area contributed by atoms with Crippen molar-refractivity contribution in [1.29, 1.82) is 0 Å². The normalized spacial score (nSPS) is 13.7. The van der Waals surface area contributed by atoms with Gasteiger partial charge < -0.3 is 10.2 Å². The minimum Gasteiger partial charge on any atom is -0.481 e. The third-order valence-corrected chi connectivity index (χ3v) is 4.70. The van der Waals surface area contributed by atoms with Gasteiger partial charge in [-0.25, -0.2) is 4.63 Å². The summed E-state index contributed by atoms with van der Waals surface area (Å²) in [5, 5.41) is 26.9. The van der Waals surface area contributed by atoms with E-state index in [-0.39, 0.29) is 0 Å². The van der Waals surface area contributed by atoms with E-state index in [0.29, 0.717) is 33.2 Å². The number of hydrogen-bond donors (Lipinski definition) is 2. The number of nitrogens with zero attached hydrogens (tertiary/aromatic N) is 4. The van der Waals surface area contributed by atoms with E-state index in [2.05, 4.69) is 23.7 Å². The number of fused-ring (bicyclic) bond motifs is 2. The highest BCUT2D eigenvalue weighted by molar-refractivity contribution is 7.00. The summed E-state index contributed by atoms with van der Waals surface area (Å²) in [5.41, 5.74) is 2.61. The Bertz CT molecular complexity index is 1050. The van der Waals surface area contributed by atoms with Gasteiger partial charge in [0.1, 0.15) is 22.1 Å². The van der Waals surface area contributed by atoms with Gasteiger partial charge in [0.15, 0.2) is 0 Å². The number of aromatic nitrogens is 4. The molecule has 10 heteroatoms. The third-order valence-electron chi connectivity index (χ3n) is 4.14. The lowest BCUT2D eigenvalue weighted by Crippen LogP contribution is -2.26. The molecule has 2 aromatic heterocycles. The maximum Gasteiger partial charge on any atom is 0.312 e. The lowest BCUT2D eigenvalue weighted by Gasteiger charge is -2.21. The molecule has 0 aliphatic heterocycles. The smallest absolute Gasteiger partial charge is 0.312 e.